The zero-order chi connectivity index (χ0) is 42.7. The van der Waals surface area contributed by atoms with Crippen molar-refractivity contribution in [3.63, 3.8) is 0 Å². The summed E-state index contributed by atoms with van der Waals surface area (Å²) in [4.78, 5) is 18.5. The third-order valence-corrected chi connectivity index (χ3v) is 11.1. The van der Waals surface area contributed by atoms with Gasteiger partial charge >= 0.3 is 0 Å². The van der Waals surface area contributed by atoms with E-state index in [4.69, 9.17) is 20.7 Å². The van der Waals surface area contributed by atoms with Gasteiger partial charge in [0, 0.05) is 30.0 Å². The fourth-order valence-electron chi connectivity index (χ4n) is 7.94. The summed E-state index contributed by atoms with van der Waals surface area (Å²) >= 11 is 0. The standard InChI is InChI=1S/C55H52N6/c1-8-9-10-17-48(56)60(49-18-11-14-33-57-49)42-29-31-44-46(36-42)52(38-21-25-40(26-22-38)54(2,3)4)45-32-30-43(61(50-19-12-15-34-58-50)51-20-13-16-35-59-51)37-47(45)53(44)39-23-27-41(28-24-39)55(5,6)7/h8-37H,1,56H2,2-7H3/b10-9-,48-17+. The average Bonchev–Trinajstić information content (AvgIpc) is 3.26. The Hall–Kier alpha value is -7.31. The molecule has 6 nitrogen and oxygen atoms in total. The number of nitrogens with zero attached hydrogens (tertiary/aromatic N) is 5. The number of pyridine rings is 3. The highest BCUT2D eigenvalue weighted by atomic mass is 15.2. The monoisotopic (exact) mass is 796 g/mol. The van der Waals surface area contributed by atoms with Crippen LogP contribution in [0.1, 0.15) is 52.7 Å². The summed E-state index contributed by atoms with van der Waals surface area (Å²) in [6.07, 6.45) is 12.8. The van der Waals surface area contributed by atoms with Crippen molar-refractivity contribution in [1.29, 1.82) is 0 Å². The van der Waals surface area contributed by atoms with E-state index >= 15 is 0 Å². The van der Waals surface area contributed by atoms with E-state index in [1.165, 1.54) is 11.1 Å². The lowest BCUT2D eigenvalue weighted by Crippen LogP contribution is -2.23. The van der Waals surface area contributed by atoms with Gasteiger partial charge in [0.05, 0.1) is 0 Å². The molecule has 6 heteroatoms. The lowest BCUT2D eigenvalue weighted by atomic mass is 9.82. The molecule has 0 saturated heterocycles. The Bertz CT molecular complexity index is 2830. The third kappa shape index (κ3) is 8.30. The molecule has 8 aromatic rings. The first-order chi connectivity index (χ1) is 29.4. The molecule has 8 rings (SSSR count). The van der Waals surface area contributed by atoms with Crippen molar-refractivity contribution < 1.29 is 0 Å². The van der Waals surface area contributed by atoms with Crippen LogP contribution in [-0.4, -0.2) is 15.0 Å². The second-order valence-corrected chi connectivity index (χ2v) is 17.3. The van der Waals surface area contributed by atoms with Gasteiger partial charge in [0.15, 0.2) is 0 Å². The molecule has 0 spiro atoms. The lowest BCUT2D eigenvalue weighted by molar-refractivity contribution is 0.590. The molecule has 0 amide bonds. The van der Waals surface area contributed by atoms with Crippen LogP contribution in [0.2, 0.25) is 0 Å². The van der Waals surface area contributed by atoms with Gasteiger partial charge in [0.2, 0.25) is 0 Å². The van der Waals surface area contributed by atoms with Gasteiger partial charge in [-0.25, -0.2) is 15.0 Å². The third-order valence-electron chi connectivity index (χ3n) is 11.1. The normalized spacial score (nSPS) is 12.3. The first kappa shape index (κ1) is 40.5. The summed E-state index contributed by atoms with van der Waals surface area (Å²) < 4.78 is 0. The van der Waals surface area contributed by atoms with E-state index in [1.54, 1.807) is 12.3 Å². The first-order valence-electron chi connectivity index (χ1n) is 20.8. The highest BCUT2D eigenvalue weighted by Gasteiger charge is 2.24. The van der Waals surface area contributed by atoms with Crippen LogP contribution in [0.15, 0.2) is 195 Å². The molecular weight excluding hydrogens is 745 g/mol. The number of anilines is 5. The van der Waals surface area contributed by atoms with E-state index < -0.39 is 0 Å². The van der Waals surface area contributed by atoms with Crippen LogP contribution in [0.5, 0.6) is 0 Å². The van der Waals surface area contributed by atoms with Crippen LogP contribution in [0.4, 0.5) is 28.8 Å². The second kappa shape index (κ2) is 16.7. The van der Waals surface area contributed by atoms with E-state index in [9.17, 15) is 0 Å². The Labute approximate surface area is 360 Å². The number of hydrogen-bond acceptors (Lipinski definition) is 6. The Morgan fingerprint density at radius 2 is 0.951 bits per heavy atom. The van der Waals surface area contributed by atoms with Gasteiger partial charge in [-0.2, -0.15) is 0 Å². The highest BCUT2D eigenvalue weighted by Crippen LogP contribution is 2.48. The molecule has 5 aromatic carbocycles. The van der Waals surface area contributed by atoms with Gasteiger partial charge < -0.3 is 5.73 Å². The predicted molar refractivity (Wildman–Crippen MR) is 258 cm³/mol. The molecule has 0 atom stereocenters. The van der Waals surface area contributed by atoms with Crippen molar-refractivity contribution in [1.82, 2.24) is 15.0 Å². The Kier molecular flexibility index (Phi) is 11.1. The lowest BCUT2D eigenvalue weighted by Gasteiger charge is -2.27. The van der Waals surface area contributed by atoms with Crippen LogP contribution in [-0.2, 0) is 10.8 Å². The van der Waals surface area contributed by atoms with Gasteiger partial charge in [0.25, 0.3) is 0 Å². The summed E-state index contributed by atoms with van der Waals surface area (Å²) in [5, 5.41) is 4.45. The number of rotatable bonds is 10. The molecule has 0 unspecified atom stereocenters. The molecule has 3 heterocycles. The fourth-order valence-corrected chi connectivity index (χ4v) is 7.94. The molecule has 0 saturated carbocycles. The summed E-state index contributed by atoms with van der Waals surface area (Å²) in [6, 6.07) is 49.4. The van der Waals surface area contributed by atoms with E-state index in [-0.39, 0.29) is 10.8 Å². The second-order valence-electron chi connectivity index (χ2n) is 17.3. The first-order valence-corrected chi connectivity index (χ1v) is 20.8. The molecule has 302 valence electrons. The SMILES string of the molecule is C=C/C=C\C=C(/N)N(c1ccc2c(-c3ccc(C(C)(C)C)cc3)c3cc(N(c4ccccn4)c4ccccn4)ccc3c(-c3ccc(C(C)(C)C)cc3)c2c1)c1ccccn1. The van der Waals surface area contributed by atoms with Gasteiger partial charge in [0.1, 0.15) is 23.3 Å². The van der Waals surface area contributed by atoms with Crippen LogP contribution >= 0.6 is 0 Å². The molecule has 3 aromatic heterocycles. The van der Waals surface area contributed by atoms with Crippen molar-refractivity contribution >= 4 is 50.4 Å². The largest absolute Gasteiger partial charge is 0.385 e. The maximum absolute atomic E-state index is 6.92. The van der Waals surface area contributed by atoms with Crippen LogP contribution < -0.4 is 15.5 Å². The molecule has 2 N–H and O–H groups in total. The van der Waals surface area contributed by atoms with Gasteiger partial charge in [-0.15, -0.1) is 0 Å². The van der Waals surface area contributed by atoms with E-state index in [2.05, 4.69) is 138 Å². The van der Waals surface area contributed by atoms with Gasteiger partial charge in [-0.3, -0.25) is 9.80 Å². The van der Waals surface area contributed by atoms with Crippen molar-refractivity contribution in [2.75, 3.05) is 9.80 Å². The van der Waals surface area contributed by atoms with Crippen LogP contribution in [0, 0.1) is 0 Å². The Balaban J connectivity index is 1.49. The molecule has 0 fully saturated rings. The Morgan fingerprint density at radius 1 is 0.508 bits per heavy atom. The molecule has 0 aliphatic carbocycles. The smallest absolute Gasteiger partial charge is 0.138 e. The maximum atomic E-state index is 6.92. The number of benzene rings is 5. The minimum absolute atomic E-state index is 0.00130. The minimum atomic E-state index is 0.00130. The predicted octanol–water partition coefficient (Wildman–Crippen LogP) is 14.3. The Morgan fingerprint density at radius 3 is 1.38 bits per heavy atom. The molecule has 0 bridgehead atoms. The van der Waals surface area contributed by atoms with Crippen LogP contribution in [0.25, 0.3) is 43.8 Å². The summed E-state index contributed by atoms with van der Waals surface area (Å²) in [5.41, 5.74) is 15.8. The average molecular weight is 797 g/mol. The number of allylic oxidation sites excluding steroid dienone is 4. The van der Waals surface area contributed by atoms with Gasteiger partial charge in [-0.05, 0) is 132 Å². The minimum Gasteiger partial charge on any atom is -0.385 e. The van der Waals surface area contributed by atoms with Crippen molar-refractivity contribution in [3.05, 3.63) is 206 Å². The number of aromatic nitrogens is 3. The number of hydrogen-bond donors (Lipinski definition) is 1. The van der Waals surface area contributed by atoms with Crippen molar-refractivity contribution in [2.24, 2.45) is 5.73 Å². The quantitative estimate of drug-likeness (QED) is 0.110. The zero-order valence-electron chi connectivity index (χ0n) is 35.8. The van der Waals surface area contributed by atoms with E-state index in [0.29, 0.717) is 11.6 Å². The molecule has 0 aliphatic heterocycles. The number of nitrogens with two attached hydrogens (primary N) is 1. The highest BCUT2D eigenvalue weighted by molar-refractivity contribution is 6.22. The number of fused-ring (bicyclic) bond motifs is 2. The van der Waals surface area contributed by atoms with Crippen molar-refractivity contribution in [3.8, 4) is 22.3 Å². The zero-order valence-corrected chi connectivity index (χ0v) is 35.8. The summed E-state index contributed by atoms with van der Waals surface area (Å²) in [7, 11) is 0. The molecule has 61 heavy (non-hydrogen) atoms. The van der Waals surface area contributed by atoms with Crippen LogP contribution in [0.3, 0.4) is 0 Å². The van der Waals surface area contributed by atoms with E-state index in [0.717, 1.165) is 66.8 Å². The molecule has 0 radical (unpaired) electrons. The topological polar surface area (TPSA) is 71.2 Å². The maximum Gasteiger partial charge on any atom is 0.138 e. The fraction of sp³-hybridized carbons (Fsp3) is 0.145. The molecular formula is C55H52N6. The summed E-state index contributed by atoms with van der Waals surface area (Å²) in [6.45, 7) is 17.4. The van der Waals surface area contributed by atoms with Gasteiger partial charge in [-0.1, -0.05) is 145 Å². The summed E-state index contributed by atoms with van der Waals surface area (Å²) in [5.74, 6) is 2.80. The van der Waals surface area contributed by atoms with E-state index in [1.807, 2.05) is 90.1 Å². The molecule has 0 aliphatic rings. The van der Waals surface area contributed by atoms with Crippen molar-refractivity contribution in [2.45, 2.75) is 52.4 Å².